The Labute approximate surface area is 166 Å². The fraction of sp³-hybridized carbons (Fsp3) is 0.391. The third-order valence-electron chi connectivity index (χ3n) is 4.84. The molecule has 0 spiro atoms. The van der Waals surface area contributed by atoms with Crippen molar-refractivity contribution in [3.63, 3.8) is 0 Å². The van der Waals surface area contributed by atoms with E-state index in [0.29, 0.717) is 12.8 Å². The van der Waals surface area contributed by atoms with Crippen LogP contribution in [0, 0.1) is 5.82 Å². The van der Waals surface area contributed by atoms with Gasteiger partial charge in [0.15, 0.2) is 0 Å². The molecule has 0 heterocycles. The number of halogens is 1. The predicted molar refractivity (Wildman–Crippen MR) is 109 cm³/mol. The van der Waals surface area contributed by atoms with Crippen LogP contribution in [0.25, 0.3) is 0 Å². The molecule has 0 aliphatic heterocycles. The quantitative estimate of drug-likeness (QED) is 0.708. The molecule has 0 saturated carbocycles. The number of carbonyl (C=O) groups excluding carboxylic acids is 2. The summed E-state index contributed by atoms with van der Waals surface area (Å²) in [5.74, 6) is -0.598. The van der Waals surface area contributed by atoms with Crippen LogP contribution in [0.3, 0.4) is 0 Å². The van der Waals surface area contributed by atoms with E-state index in [2.05, 4.69) is 5.32 Å². The molecule has 0 aromatic heterocycles. The Morgan fingerprint density at radius 2 is 1.64 bits per heavy atom. The molecule has 2 rings (SSSR count). The first kappa shape index (κ1) is 21.6. The van der Waals surface area contributed by atoms with E-state index in [4.69, 9.17) is 0 Å². The van der Waals surface area contributed by atoms with Crippen molar-refractivity contribution >= 4 is 11.8 Å². The van der Waals surface area contributed by atoms with E-state index >= 15 is 0 Å². The first-order valence-corrected chi connectivity index (χ1v) is 9.82. The summed E-state index contributed by atoms with van der Waals surface area (Å²) in [5.41, 5.74) is 1.78. The van der Waals surface area contributed by atoms with Crippen LogP contribution >= 0.6 is 0 Å². The molecule has 2 amide bonds. The lowest BCUT2D eigenvalue weighted by atomic mass is 10.0. The Kier molecular flexibility index (Phi) is 8.18. The molecule has 2 unspecified atom stereocenters. The van der Waals surface area contributed by atoms with Gasteiger partial charge in [-0.1, -0.05) is 56.3 Å². The van der Waals surface area contributed by atoms with Gasteiger partial charge in [-0.25, -0.2) is 4.39 Å². The summed E-state index contributed by atoms with van der Waals surface area (Å²) in [4.78, 5) is 27.4. The maximum absolute atomic E-state index is 13.3. The van der Waals surface area contributed by atoms with Crippen LogP contribution in [0.2, 0.25) is 0 Å². The first-order valence-electron chi connectivity index (χ1n) is 9.82. The summed E-state index contributed by atoms with van der Waals surface area (Å²) in [5, 5.41) is 3.01. The predicted octanol–water partition coefficient (Wildman–Crippen LogP) is 4.09. The van der Waals surface area contributed by atoms with Crippen LogP contribution in [0.4, 0.5) is 4.39 Å². The maximum atomic E-state index is 13.3. The van der Waals surface area contributed by atoms with Crippen molar-refractivity contribution in [2.75, 3.05) is 0 Å². The van der Waals surface area contributed by atoms with Crippen LogP contribution in [-0.4, -0.2) is 28.8 Å². The highest BCUT2D eigenvalue weighted by atomic mass is 19.1. The Morgan fingerprint density at radius 1 is 1.00 bits per heavy atom. The third kappa shape index (κ3) is 6.19. The van der Waals surface area contributed by atoms with E-state index < -0.39 is 6.04 Å². The molecule has 0 aliphatic carbocycles. The lowest BCUT2D eigenvalue weighted by Gasteiger charge is -2.32. The van der Waals surface area contributed by atoms with Crippen LogP contribution in [0.1, 0.15) is 44.7 Å². The van der Waals surface area contributed by atoms with Gasteiger partial charge in [-0.2, -0.15) is 0 Å². The molecule has 0 bridgehead atoms. The second-order valence-electron chi connectivity index (χ2n) is 7.03. The van der Waals surface area contributed by atoms with Crippen molar-refractivity contribution in [1.29, 1.82) is 0 Å². The molecule has 28 heavy (non-hydrogen) atoms. The summed E-state index contributed by atoms with van der Waals surface area (Å²) in [6.07, 6.45) is 1.53. The summed E-state index contributed by atoms with van der Waals surface area (Å²) >= 11 is 0. The summed E-state index contributed by atoms with van der Waals surface area (Å²) in [6, 6.07) is 15.1. The smallest absolute Gasteiger partial charge is 0.243 e. The largest absolute Gasteiger partial charge is 0.352 e. The maximum Gasteiger partial charge on any atom is 0.243 e. The summed E-state index contributed by atoms with van der Waals surface area (Å²) < 4.78 is 13.3. The van der Waals surface area contributed by atoms with Crippen molar-refractivity contribution in [2.24, 2.45) is 0 Å². The van der Waals surface area contributed by atoms with Gasteiger partial charge in [0.2, 0.25) is 11.8 Å². The Morgan fingerprint density at radius 3 is 2.21 bits per heavy atom. The average Bonchev–Trinajstić information content (AvgIpc) is 2.71. The molecule has 2 aromatic carbocycles. The molecule has 150 valence electrons. The molecule has 2 atom stereocenters. The molecule has 4 nitrogen and oxygen atoms in total. The van der Waals surface area contributed by atoms with E-state index in [1.807, 2.05) is 44.2 Å². The Hall–Kier alpha value is -2.69. The topological polar surface area (TPSA) is 49.4 Å². The van der Waals surface area contributed by atoms with E-state index in [0.717, 1.165) is 17.5 Å². The van der Waals surface area contributed by atoms with Crippen LogP contribution in [0.5, 0.6) is 0 Å². The first-order chi connectivity index (χ1) is 13.4. The number of hydrogen-bond donors (Lipinski definition) is 1. The monoisotopic (exact) mass is 384 g/mol. The zero-order chi connectivity index (χ0) is 20.5. The highest BCUT2D eigenvalue weighted by Crippen LogP contribution is 2.16. The van der Waals surface area contributed by atoms with Gasteiger partial charge in [0, 0.05) is 25.4 Å². The molecule has 0 aliphatic rings. The van der Waals surface area contributed by atoms with Crippen LogP contribution in [0.15, 0.2) is 54.6 Å². The standard InChI is InChI=1S/C23H29FN2O2/c1-4-17(3)25-23(28)21(15-18-9-7-6-8-10-18)26(22(27)5-2)16-19-11-13-20(24)14-12-19/h6-14,17,21H,4-5,15-16H2,1-3H3,(H,25,28). The average molecular weight is 384 g/mol. The van der Waals surface area contributed by atoms with Crippen LogP contribution in [-0.2, 0) is 22.6 Å². The zero-order valence-corrected chi connectivity index (χ0v) is 16.8. The van der Waals surface area contributed by atoms with Crippen molar-refractivity contribution in [1.82, 2.24) is 10.2 Å². The number of hydrogen-bond acceptors (Lipinski definition) is 2. The SMILES string of the molecule is CCC(=O)N(Cc1ccc(F)cc1)C(Cc1ccccc1)C(=O)NC(C)CC. The molecule has 5 heteroatoms. The highest BCUT2D eigenvalue weighted by Gasteiger charge is 2.30. The van der Waals surface area contributed by atoms with Gasteiger partial charge in [-0.3, -0.25) is 9.59 Å². The second-order valence-corrected chi connectivity index (χ2v) is 7.03. The minimum Gasteiger partial charge on any atom is -0.352 e. The zero-order valence-electron chi connectivity index (χ0n) is 16.8. The van der Waals surface area contributed by atoms with Gasteiger partial charge in [-0.05, 0) is 36.6 Å². The molecule has 1 N–H and O–H groups in total. The number of rotatable bonds is 9. The van der Waals surface area contributed by atoms with Crippen molar-refractivity contribution in [3.8, 4) is 0 Å². The molecule has 0 fully saturated rings. The van der Waals surface area contributed by atoms with Crippen molar-refractivity contribution < 1.29 is 14.0 Å². The van der Waals surface area contributed by atoms with Crippen LogP contribution < -0.4 is 5.32 Å². The van der Waals surface area contributed by atoms with Gasteiger partial charge < -0.3 is 10.2 Å². The second kappa shape index (κ2) is 10.6. The van der Waals surface area contributed by atoms with E-state index in [1.165, 1.54) is 12.1 Å². The van der Waals surface area contributed by atoms with Gasteiger partial charge >= 0.3 is 0 Å². The van der Waals surface area contributed by atoms with E-state index in [9.17, 15) is 14.0 Å². The fourth-order valence-electron chi connectivity index (χ4n) is 2.98. The summed E-state index contributed by atoms with van der Waals surface area (Å²) in [6.45, 7) is 6.00. The fourth-order valence-corrected chi connectivity index (χ4v) is 2.98. The van der Waals surface area contributed by atoms with E-state index in [1.54, 1.807) is 24.0 Å². The van der Waals surface area contributed by atoms with Crippen molar-refractivity contribution in [2.45, 2.75) is 58.7 Å². The van der Waals surface area contributed by atoms with Crippen molar-refractivity contribution in [3.05, 3.63) is 71.5 Å². The minimum absolute atomic E-state index is 0.0233. The van der Waals surface area contributed by atoms with E-state index in [-0.39, 0.29) is 30.2 Å². The number of carbonyl (C=O) groups is 2. The van der Waals surface area contributed by atoms with Gasteiger partial charge in [0.25, 0.3) is 0 Å². The minimum atomic E-state index is -0.631. The van der Waals surface area contributed by atoms with Gasteiger partial charge in [0.1, 0.15) is 11.9 Å². The molecular weight excluding hydrogens is 355 g/mol. The molecule has 2 aromatic rings. The Bertz CT molecular complexity index is 762. The lowest BCUT2D eigenvalue weighted by Crippen LogP contribution is -2.52. The molecule has 0 saturated heterocycles. The number of amides is 2. The normalized spacial score (nSPS) is 12.9. The van der Waals surface area contributed by atoms with Gasteiger partial charge in [-0.15, -0.1) is 0 Å². The number of nitrogens with zero attached hydrogens (tertiary/aromatic N) is 1. The molecular formula is C23H29FN2O2. The molecule has 0 radical (unpaired) electrons. The highest BCUT2D eigenvalue weighted by molar-refractivity contribution is 5.88. The lowest BCUT2D eigenvalue weighted by molar-refractivity contribution is -0.141. The summed E-state index contributed by atoms with van der Waals surface area (Å²) in [7, 11) is 0. The number of nitrogens with one attached hydrogen (secondary N) is 1. The van der Waals surface area contributed by atoms with Gasteiger partial charge in [0.05, 0.1) is 0 Å². The number of benzene rings is 2. The third-order valence-corrected chi connectivity index (χ3v) is 4.84. The Balaban J connectivity index is 2.33.